The first-order valence-corrected chi connectivity index (χ1v) is 6.75. The highest BCUT2D eigenvalue weighted by Crippen LogP contribution is 2.33. The van der Waals surface area contributed by atoms with Gasteiger partial charge in [0.1, 0.15) is 16.4 Å². The maximum atomic E-state index is 12.0. The summed E-state index contributed by atoms with van der Waals surface area (Å²) in [4.78, 5) is 0.129. The number of benzene rings is 1. The van der Waals surface area contributed by atoms with E-state index in [2.05, 4.69) is 0 Å². The molecule has 0 aliphatic rings. The Morgan fingerprint density at radius 3 is 2.35 bits per heavy atom. The molecule has 1 aromatic carbocycles. The second-order valence-corrected chi connectivity index (χ2v) is 5.84. The number of ether oxygens (including phenoxy) is 1. The van der Waals surface area contributed by atoms with Gasteiger partial charge in [0.05, 0.1) is 13.2 Å². The first kappa shape index (κ1) is 13.5. The molecule has 17 heavy (non-hydrogen) atoms. The Bertz CT molecular complexity index is 583. The fraction of sp³-hybridized carbons (Fsp3) is 0.417. The first-order valence-electron chi connectivity index (χ1n) is 5.09. The molecule has 0 spiro atoms. The molecule has 0 unspecified atom stereocenters. The summed E-state index contributed by atoms with van der Waals surface area (Å²) in [7, 11) is -2.17. The minimum absolute atomic E-state index is 0.129. The van der Waals surface area contributed by atoms with Gasteiger partial charge in [-0.05, 0) is 37.5 Å². The van der Waals surface area contributed by atoms with Gasteiger partial charge in [0.25, 0.3) is 0 Å². The third kappa shape index (κ3) is 2.42. The highest BCUT2D eigenvalue weighted by Gasteiger charge is 2.24. The van der Waals surface area contributed by atoms with Gasteiger partial charge in [0.15, 0.2) is 9.84 Å². The van der Waals surface area contributed by atoms with Crippen molar-refractivity contribution in [2.24, 2.45) is 0 Å². The molecule has 0 heterocycles. The van der Waals surface area contributed by atoms with Crippen molar-refractivity contribution < 1.29 is 13.2 Å². The topological polar surface area (TPSA) is 67.2 Å². The maximum absolute atomic E-state index is 12.0. The van der Waals surface area contributed by atoms with Crippen LogP contribution in [-0.2, 0) is 9.84 Å². The van der Waals surface area contributed by atoms with Crippen LogP contribution in [-0.4, -0.2) is 21.3 Å². The zero-order chi connectivity index (χ0) is 13.2. The van der Waals surface area contributed by atoms with Gasteiger partial charge < -0.3 is 4.74 Å². The number of sulfone groups is 1. The van der Waals surface area contributed by atoms with Crippen molar-refractivity contribution in [3.8, 4) is 11.8 Å². The van der Waals surface area contributed by atoms with Crippen molar-refractivity contribution in [2.45, 2.75) is 25.7 Å². The Kier molecular flexibility index (Phi) is 3.79. The smallest absolute Gasteiger partial charge is 0.195 e. The van der Waals surface area contributed by atoms with Crippen LogP contribution >= 0.6 is 0 Å². The van der Waals surface area contributed by atoms with E-state index in [-0.39, 0.29) is 4.90 Å². The second-order valence-electron chi connectivity index (χ2n) is 3.91. The third-order valence-electron chi connectivity index (χ3n) is 2.70. The number of nitrogens with zero attached hydrogens (tertiary/aromatic N) is 1. The van der Waals surface area contributed by atoms with Crippen LogP contribution in [0.2, 0.25) is 0 Å². The van der Waals surface area contributed by atoms with Gasteiger partial charge in [-0.25, -0.2) is 8.42 Å². The Labute approximate surface area is 102 Å². The van der Waals surface area contributed by atoms with Gasteiger partial charge in [0, 0.05) is 0 Å². The van der Waals surface area contributed by atoms with Gasteiger partial charge in [-0.15, -0.1) is 0 Å². The summed E-state index contributed by atoms with van der Waals surface area (Å²) in [5, 5.41) is 8.57. The molecule has 1 aromatic rings. The molecule has 0 saturated heterocycles. The highest BCUT2D eigenvalue weighted by atomic mass is 32.2. The molecule has 0 amide bonds. The number of rotatable bonds is 3. The number of nitriles is 1. The van der Waals surface area contributed by atoms with Crippen LogP contribution in [0, 0.1) is 32.1 Å². The molecule has 0 radical (unpaired) electrons. The van der Waals surface area contributed by atoms with Gasteiger partial charge in [-0.2, -0.15) is 5.26 Å². The summed E-state index contributed by atoms with van der Waals surface area (Å²) in [6, 6.07) is 3.47. The van der Waals surface area contributed by atoms with Crippen molar-refractivity contribution in [3.63, 3.8) is 0 Å². The van der Waals surface area contributed by atoms with Crippen LogP contribution in [0.5, 0.6) is 5.75 Å². The van der Waals surface area contributed by atoms with E-state index >= 15 is 0 Å². The van der Waals surface area contributed by atoms with Crippen LogP contribution in [0.3, 0.4) is 0 Å². The number of hydrogen-bond donors (Lipinski definition) is 0. The fourth-order valence-corrected chi connectivity index (χ4v) is 3.20. The van der Waals surface area contributed by atoms with Crippen LogP contribution in [0.1, 0.15) is 16.7 Å². The van der Waals surface area contributed by atoms with Crippen LogP contribution in [0.15, 0.2) is 11.0 Å². The monoisotopic (exact) mass is 253 g/mol. The van der Waals surface area contributed by atoms with Crippen molar-refractivity contribution >= 4 is 9.84 Å². The van der Waals surface area contributed by atoms with E-state index in [4.69, 9.17) is 10.00 Å². The minimum atomic E-state index is -3.61. The lowest BCUT2D eigenvalue weighted by Crippen LogP contribution is -2.10. The molecule has 1 rings (SSSR count). The molecule has 0 aliphatic carbocycles. The zero-order valence-corrected chi connectivity index (χ0v) is 11.2. The van der Waals surface area contributed by atoms with Gasteiger partial charge in [-0.3, -0.25) is 0 Å². The predicted octanol–water partition coefficient (Wildman–Crippen LogP) is 1.92. The average Bonchev–Trinajstić information content (AvgIpc) is 2.22. The normalized spacial score (nSPS) is 11.0. The Morgan fingerprint density at radius 2 is 1.88 bits per heavy atom. The summed E-state index contributed by atoms with van der Waals surface area (Å²) in [6.45, 7) is 5.41. The van der Waals surface area contributed by atoms with E-state index in [1.165, 1.54) is 7.11 Å². The van der Waals surface area contributed by atoms with Crippen molar-refractivity contribution in [3.05, 3.63) is 22.8 Å². The van der Waals surface area contributed by atoms with E-state index < -0.39 is 15.6 Å². The molecule has 0 saturated carbocycles. The molecule has 5 heteroatoms. The van der Waals surface area contributed by atoms with Crippen LogP contribution in [0.4, 0.5) is 0 Å². The van der Waals surface area contributed by atoms with E-state index in [0.717, 1.165) is 11.1 Å². The van der Waals surface area contributed by atoms with Crippen LogP contribution < -0.4 is 4.74 Å². The summed E-state index contributed by atoms with van der Waals surface area (Å²) in [5.74, 6) is -0.190. The van der Waals surface area contributed by atoms with Crippen LogP contribution in [0.25, 0.3) is 0 Å². The average molecular weight is 253 g/mol. The first-order chi connectivity index (χ1) is 7.85. The summed E-state index contributed by atoms with van der Waals surface area (Å²) < 4.78 is 29.2. The van der Waals surface area contributed by atoms with E-state index in [1.54, 1.807) is 26.0 Å². The molecule has 0 atom stereocenters. The quantitative estimate of drug-likeness (QED) is 0.825. The minimum Gasteiger partial charge on any atom is -0.495 e. The second kappa shape index (κ2) is 4.76. The van der Waals surface area contributed by atoms with Crippen molar-refractivity contribution in [1.82, 2.24) is 0 Å². The number of aryl methyl sites for hydroxylation is 2. The summed E-state index contributed by atoms with van der Waals surface area (Å²) >= 11 is 0. The van der Waals surface area contributed by atoms with Gasteiger partial charge in [0.2, 0.25) is 0 Å². The standard InChI is InChI=1S/C12H15NO3S/c1-8-7-9(2)12(11(16-4)10(8)3)17(14,15)6-5-13/h7H,6H2,1-4H3. The lowest BCUT2D eigenvalue weighted by Gasteiger charge is -2.15. The highest BCUT2D eigenvalue weighted by molar-refractivity contribution is 7.91. The molecular weight excluding hydrogens is 238 g/mol. The molecule has 0 bridgehead atoms. The van der Waals surface area contributed by atoms with Gasteiger partial charge in [-0.1, -0.05) is 6.07 Å². The Morgan fingerprint density at radius 1 is 1.29 bits per heavy atom. The third-order valence-corrected chi connectivity index (χ3v) is 4.34. The Balaban J connectivity index is 3.66. The Hall–Kier alpha value is -1.54. The van der Waals surface area contributed by atoms with Crippen molar-refractivity contribution in [2.75, 3.05) is 12.9 Å². The molecule has 92 valence electrons. The zero-order valence-electron chi connectivity index (χ0n) is 10.4. The van der Waals surface area contributed by atoms with E-state index in [0.29, 0.717) is 11.3 Å². The molecule has 0 N–H and O–H groups in total. The molecule has 0 fully saturated rings. The lowest BCUT2D eigenvalue weighted by atomic mass is 10.1. The summed E-state index contributed by atoms with van der Waals surface area (Å²) in [5.41, 5.74) is 2.37. The summed E-state index contributed by atoms with van der Waals surface area (Å²) in [6.07, 6.45) is 0. The predicted molar refractivity (Wildman–Crippen MR) is 64.9 cm³/mol. The molecule has 0 aromatic heterocycles. The largest absolute Gasteiger partial charge is 0.495 e. The van der Waals surface area contributed by atoms with E-state index in [1.807, 2.05) is 6.92 Å². The molecule has 0 aliphatic heterocycles. The molecular formula is C12H15NO3S. The van der Waals surface area contributed by atoms with E-state index in [9.17, 15) is 8.42 Å². The number of hydrogen-bond acceptors (Lipinski definition) is 4. The van der Waals surface area contributed by atoms with Crippen molar-refractivity contribution in [1.29, 1.82) is 5.26 Å². The molecule has 4 nitrogen and oxygen atoms in total. The maximum Gasteiger partial charge on any atom is 0.195 e. The number of methoxy groups -OCH3 is 1. The SMILES string of the molecule is COc1c(C)c(C)cc(C)c1S(=O)(=O)CC#N. The fourth-order valence-electron chi connectivity index (χ4n) is 1.82. The van der Waals surface area contributed by atoms with Gasteiger partial charge >= 0.3 is 0 Å². The lowest BCUT2D eigenvalue weighted by molar-refractivity contribution is 0.398.